The van der Waals surface area contributed by atoms with Crippen molar-refractivity contribution < 1.29 is 4.39 Å². The molecule has 1 aromatic heterocycles. The molecule has 1 N–H and O–H groups in total. The molecule has 2 rings (SSSR count). The Hall–Kier alpha value is -1.68. The van der Waals surface area contributed by atoms with E-state index in [4.69, 9.17) is 0 Å². The maximum atomic E-state index is 14.4. The highest BCUT2D eigenvalue weighted by atomic mass is 19.1. The summed E-state index contributed by atoms with van der Waals surface area (Å²) in [7, 11) is 1.88. The van der Waals surface area contributed by atoms with E-state index in [-0.39, 0.29) is 5.82 Å². The van der Waals surface area contributed by atoms with Gasteiger partial charge >= 0.3 is 0 Å². The highest BCUT2D eigenvalue weighted by Gasteiger charge is 2.13. The summed E-state index contributed by atoms with van der Waals surface area (Å²) in [5, 5.41) is 7.74. The van der Waals surface area contributed by atoms with Gasteiger partial charge in [0.1, 0.15) is 5.82 Å². The van der Waals surface area contributed by atoms with Crippen molar-refractivity contribution in [1.82, 2.24) is 15.1 Å². The minimum absolute atomic E-state index is 0.177. The predicted molar refractivity (Wildman–Crippen MR) is 84.6 cm³/mol. The lowest BCUT2D eigenvalue weighted by Gasteiger charge is -2.10. The van der Waals surface area contributed by atoms with Gasteiger partial charge in [-0.1, -0.05) is 39.3 Å². The molecule has 114 valence electrons. The first-order chi connectivity index (χ1) is 10.0. The Morgan fingerprint density at radius 3 is 2.67 bits per heavy atom. The monoisotopic (exact) mass is 289 g/mol. The highest BCUT2D eigenvalue weighted by molar-refractivity contribution is 5.66. The van der Waals surface area contributed by atoms with Gasteiger partial charge in [0, 0.05) is 37.0 Å². The Labute approximate surface area is 126 Å². The van der Waals surface area contributed by atoms with Crippen LogP contribution in [0.5, 0.6) is 0 Å². The van der Waals surface area contributed by atoms with Gasteiger partial charge < -0.3 is 5.32 Å². The molecule has 3 nitrogen and oxygen atoms in total. The number of hydrogen-bond donors (Lipinski definition) is 1. The number of rotatable bonds is 6. The zero-order valence-corrected chi connectivity index (χ0v) is 13.3. The number of nitrogens with zero attached hydrogens (tertiary/aromatic N) is 2. The molecule has 0 atom stereocenters. The Bertz CT molecular complexity index is 602. The largest absolute Gasteiger partial charge is 0.310 e. The minimum atomic E-state index is -0.177. The lowest BCUT2D eigenvalue weighted by Crippen LogP contribution is -2.21. The van der Waals surface area contributed by atoms with Crippen molar-refractivity contribution in [2.75, 3.05) is 0 Å². The normalized spacial score (nSPS) is 11.3. The van der Waals surface area contributed by atoms with Crippen molar-refractivity contribution in [1.29, 1.82) is 0 Å². The van der Waals surface area contributed by atoms with E-state index in [2.05, 4.69) is 31.2 Å². The van der Waals surface area contributed by atoms with Gasteiger partial charge in [-0.25, -0.2) is 4.39 Å². The molecule has 1 heterocycles. The Balaban J connectivity index is 2.28. The van der Waals surface area contributed by atoms with E-state index >= 15 is 0 Å². The molecule has 0 aliphatic heterocycles. The van der Waals surface area contributed by atoms with Crippen molar-refractivity contribution in [2.45, 2.75) is 46.2 Å². The molecule has 2 aromatic rings. The van der Waals surface area contributed by atoms with E-state index in [1.54, 1.807) is 10.7 Å². The molecule has 0 saturated carbocycles. The topological polar surface area (TPSA) is 29.9 Å². The molecule has 0 amide bonds. The molecule has 4 heteroatoms. The van der Waals surface area contributed by atoms with Gasteiger partial charge in [0.05, 0.1) is 5.69 Å². The first-order valence-corrected chi connectivity index (χ1v) is 7.56. The number of nitrogens with one attached hydrogen (secondary N) is 1. The quantitative estimate of drug-likeness (QED) is 0.879. The van der Waals surface area contributed by atoms with Crippen LogP contribution in [0.4, 0.5) is 4.39 Å². The molecule has 21 heavy (non-hydrogen) atoms. The second-order valence-electron chi connectivity index (χ2n) is 5.76. The smallest absolute Gasteiger partial charge is 0.131 e. The van der Waals surface area contributed by atoms with Crippen LogP contribution in [-0.2, 0) is 20.0 Å². The summed E-state index contributed by atoms with van der Waals surface area (Å²) >= 11 is 0. The third-order valence-corrected chi connectivity index (χ3v) is 3.43. The van der Waals surface area contributed by atoms with Crippen LogP contribution in [0.25, 0.3) is 11.1 Å². The third-order valence-electron chi connectivity index (χ3n) is 3.43. The first kappa shape index (κ1) is 15.7. The zero-order valence-electron chi connectivity index (χ0n) is 13.3. The molecule has 0 aliphatic rings. The second kappa shape index (κ2) is 6.85. The van der Waals surface area contributed by atoms with Crippen molar-refractivity contribution in [3.05, 3.63) is 41.5 Å². The molecule has 0 fully saturated rings. The summed E-state index contributed by atoms with van der Waals surface area (Å²) in [5.74, 6) is -0.177. The van der Waals surface area contributed by atoms with Gasteiger partial charge in [-0.3, -0.25) is 4.68 Å². The van der Waals surface area contributed by atoms with Crippen LogP contribution >= 0.6 is 0 Å². The van der Waals surface area contributed by atoms with E-state index in [9.17, 15) is 4.39 Å². The van der Waals surface area contributed by atoms with E-state index in [0.29, 0.717) is 18.2 Å². The standard InChI is InChI=1S/C17H24FN3/c1-5-6-17-15(11-21(4)20-17)14-8-7-13(9-16(14)18)10-19-12(2)3/h7-9,11-12,19H,5-6,10H2,1-4H3. The fourth-order valence-corrected chi connectivity index (χ4v) is 2.39. The highest BCUT2D eigenvalue weighted by Crippen LogP contribution is 2.27. The molecule has 0 spiro atoms. The van der Waals surface area contributed by atoms with Gasteiger partial charge in [-0.15, -0.1) is 0 Å². The molecule has 0 aliphatic carbocycles. The molecule has 1 aromatic carbocycles. The van der Waals surface area contributed by atoms with Crippen LogP contribution in [0.3, 0.4) is 0 Å². The predicted octanol–water partition coefficient (Wildman–Crippen LogP) is 3.68. The third kappa shape index (κ3) is 3.91. The Morgan fingerprint density at radius 1 is 1.29 bits per heavy atom. The van der Waals surface area contributed by atoms with Gasteiger partial charge in [0.15, 0.2) is 0 Å². The van der Waals surface area contributed by atoms with Crippen LogP contribution in [0.15, 0.2) is 24.4 Å². The van der Waals surface area contributed by atoms with Gasteiger partial charge in [-0.2, -0.15) is 5.10 Å². The van der Waals surface area contributed by atoms with Crippen LogP contribution in [0.1, 0.15) is 38.4 Å². The first-order valence-electron chi connectivity index (χ1n) is 7.56. The van der Waals surface area contributed by atoms with Crippen LogP contribution in [0.2, 0.25) is 0 Å². The maximum Gasteiger partial charge on any atom is 0.131 e. The molecule has 0 unspecified atom stereocenters. The molecular formula is C17H24FN3. The van der Waals surface area contributed by atoms with Crippen LogP contribution in [0, 0.1) is 5.82 Å². The molecular weight excluding hydrogens is 265 g/mol. The van der Waals surface area contributed by atoms with Crippen molar-refractivity contribution in [3.63, 3.8) is 0 Å². The number of aromatic nitrogens is 2. The number of aryl methyl sites for hydroxylation is 2. The van der Waals surface area contributed by atoms with E-state index in [1.165, 1.54) is 0 Å². The van der Waals surface area contributed by atoms with Gasteiger partial charge in [-0.05, 0) is 18.1 Å². The lowest BCUT2D eigenvalue weighted by atomic mass is 10.0. The van der Waals surface area contributed by atoms with Crippen molar-refractivity contribution in [2.24, 2.45) is 7.05 Å². The maximum absolute atomic E-state index is 14.4. The van der Waals surface area contributed by atoms with Crippen LogP contribution in [-0.4, -0.2) is 15.8 Å². The zero-order chi connectivity index (χ0) is 15.4. The average Bonchev–Trinajstić information content (AvgIpc) is 2.78. The summed E-state index contributed by atoms with van der Waals surface area (Å²) in [6.45, 7) is 6.95. The summed E-state index contributed by atoms with van der Waals surface area (Å²) < 4.78 is 16.2. The summed E-state index contributed by atoms with van der Waals surface area (Å²) in [5.41, 5.74) is 3.47. The second-order valence-corrected chi connectivity index (χ2v) is 5.76. The van der Waals surface area contributed by atoms with Crippen molar-refractivity contribution >= 4 is 0 Å². The molecule has 0 saturated heterocycles. The SMILES string of the molecule is CCCc1nn(C)cc1-c1ccc(CNC(C)C)cc1F. The fraction of sp³-hybridized carbons (Fsp3) is 0.471. The number of hydrogen-bond acceptors (Lipinski definition) is 2. The number of benzene rings is 1. The van der Waals surface area contributed by atoms with E-state index in [1.807, 2.05) is 25.4 Å². The van der Waals surface area contributed by atoms with Crippen LogP contribution < -0.4 is 5.32 Å². The lowest BCUT2D eigenvalue weighted by molar-refractivity contribution is 0.582. The number of halogens is 1. The summed E-state index contributed by atoms with van der Waals surface area (Å²) in [4.78, 5) is 0. The summed E-state index contributed by atoms with van der Waals surface area (Å²) in [6.07, 6.45) is 3.77. The van der Waals surface area contributed by atoms with Gasteiger partial charge in [0.2, 0.25) is 0 Å². The Morgan fingerprint density at radius 2 is 2.05 bits per heavy atom. The van der Waals surface area contributed by atoms with E-state index < -0.39 is 0 Å². The summed E-state index contributed by atoms with van der Waals surface area (Å²) in [6, 6.07) is 5.86. The Kier molecular flexibility index (Phi) is 5.12. The van der Waals surface area contributed by atoms with E-state index in [0.717, 1.165) is 29.7 Å². The minimum Gasteiger partial charge on any atom is -0.310 e. The molecule has 0 bridgehead atoms. The van der Waals surface area contributed by atoms with Gasteiger partial charge in [0.25, 0.3) is 0 Å². The molecule has 0 radical (unpaired) electrons. The van der Waals surface area contributed by atoms with Crippen molar-refractivity contribution in [3.8, 4) is 11.1 Å². The average molecular weight is 289 g/mol. The fourth-order valence-electron chi connectivity index (χ4n) is 2.39.